The topological polar surface area (TPSA) is 82.7 Å². The van der Waals surface area contributed by atoms with E-state index < -0.39 is 5.82 Å². The van der Waals surface area contributed by atoms with Crippen molar-refractivity contribution in [1.82, 2.24) is 20.3 Å². The zero-order valence-corrected chi connectivity index (χ0v) is 14.2. The zero-order valence-electron chi connectivity index (χ0n) is 14.2. The van der Waals surface area contributed by atoms with Crippen molar-refractivity contribution in [3.63, 3.8) is 0 Å². The number of benzene rings is 2. The summed E-state index contributed by atoms with van der Waals surface area (Å²) in [7, 11) is 0. The molecule has 2 aromatic carbocycles. The van der Waals surface area contributed by atoms with Gasteiger partial charge in [0.1, 0.15) is 17.5 Å². The van der Waals surface area contributed by atoms with Crippen LogP contribution in [0.1, 0.15) is 16.2 Å². The summed E-state index contributed by atoms with van der Waals surface area (Å²) in [6.07, 6.45) is 1.54. The molecule has 0 spiro atoms. The Bertz CT molecular complexity index is 1080. The summed E-state index contributed by atoms with van der Waals surface area (Å²) in [4.78, 5) is 24.4. The molecule has 0 aliphatic rings. The first kappa shape index (κ1) is 16.7. The van der Waals surface area contributed by atoms with Gasteiger partial charge in [0.25, 0.3) is 5.91 Å². The molecular weight excluding hydrogens is 345 g/mol. The monoisotopic (exact) mass is 361 g/mol. The molecule has 0 radical (unpaired) electrons. The number of amides is 1. The number of carbonyl (C=O) groups excluding carboxylic acids is 1. The van der Waals surface area contributed by atoms with Gasteiger partial charge in [0.2, 0.25) is 0 Å². The molecule has 4 aromatic rings. The Morgan fingerprint density at radius 2 is 1.85 bits per heavy atom. The molecule has 6 nitrogen and oxygen atoms in total. The van der Waals surface area contributed by atoms with Gasteiger partial charge < -0.3 is 15.6 Å². The molecule has 0 aliphatic carbocycles. The van der Waals surface area contributed by atoms with Crippen molar-refractivity contribution in [2.75, 3.05) is 5.32 Å². The number of hydrogen-bond acceptors (Lipinski definition) is 4. The molecule has 0 atom stereocenters. The molecule has 2 aromatic heterocycles. The smallest absolute Gasteiger partial charge is 0.255 e. The van der Waals surface area contributed by atoms with Gasteiger partial charge in [-0.1, -0.05) is 24.3 Å². The second kappa shape index (κ2) is 7.25. The highest BCUT2D eigenvalue weighted by Gasteiger charge is 2.14. The molecule has 0 saturated carbocycles. The standard InChI is InChI=1S/C20H16FN5O/c21-14-7-1-2-8-15(14)26-19-13(6-5-11-22-19)20(27)23-12-18-24-16-9-3-4-10-17(16)25-18/h1-11H,12H2,(H,22,26)(H,23,27)(H,24,25). The van der Waals surface area contributed by atoms with Crippen molar-refractivity contribution < 1.29 is 9.18 Å². The number of aromatic nitrogens is 3. The van der Waals surface area contributed by atoms with Crippen molar-refractivity contribution in [2.45, 2.75) is 6.54 Å². The van der Waals surface area contributed by atoms with Crippen LogP contribution in [-0.4, -0.2) is 20.9 Å². The molecule has 3 N–H and O–H groups in total. The molecule has 0 aliphatic heterocycles. The number of hydrogen-bond donors (Lipinski definition) is 3. The number of aromatic amines is 1. The zero-order chi connectivity index (χ0) is 18.6. The highest BCUT2D eigenvalue weighted by Crippen LogP contribution is 2.21. The first-order valence-electron chi connectivity index (χ1n) is 8.39. The van der Waals surface area contributed by atoms with Gasteiger partial charge in [0.15, 0.2) is 0 Å². The van der Waals surface area contributed by atoms with Crippen molar-refractivity contribution in [1.29, 1.82) is 0 Å². The van der Waals surface area contributed by atoms with Gasteiger partial charge in [0, 0.05) is 6.20 Å². The average Bonchev–Trinajstić information content (AvgIpc) is 3.11. The van der Waals surface area contributed by atoms with E-state index in [1.54, 1.807) is 36.5 Å². The predicted molar refractivity (Wildman–Crippen MR) is 101 cm³/mol. The van der Waals surface area contributed by atoms with Crippen LogP contribution >= 0.6 is 0 Å². The number of para-hydroxylation sites is 3. The highest BCUT2D eigenvalue weighted by atomic mass is 19.1. The SMILES string of the molecule is O=C(NCc1nc2ccccc2[nH]1)c1cccnc1Nc1ccccc1F. The van der Waals surface area contributed by atoms with Gasteiger partial charge in [-0.2, -0.15) is 0 Å². The maximum Gasteiger partial charge on any atom is 0.255 e. The van der Waals surface area contributed by atoms with Gasteiger partial charge in [-0.3, -0.25) is 4.79 Å². The van der Waals surface area contributed by atoms with Gasteiger partial charge in [-0.25, -0.2) is 14.4 Å². The lowest BCUT2D eigenvalue weighted by atomic mass is 10.2. The minimum atomic E-state index is -0.420. The molecule has 0 saturated heterocycles. The van der Waals surface area contributed by atoms with E-state index in [4.69, 9.17) is 0 Å². The van der Waals surface area contributed by atoms with Gasteiger partial charge in [0.05, 0.1) is 28.8 Å². The fourth-order valence-corrected chi connectivity index (χ4v) is 2.73. The maximum absolute atomic E-state index is 13.9. The molecule has 1 amide bonds. The molecule has 2 heterocycles. The first-order chi connectivity index (χ1) is 13.2. The quantitative estimate of drug-likeness (QED) is 0.505. The lowest BCUT2D eigenvalue weighted by Gasteiger charge is -2.11. The Morgan fingerprint density at radius 1 is 1.04 bits per heavy atom. The van der Waals surface area contributed by atoms with Gasteiger partial charge in [-0.15, -0.1) is 0 Å². The summed E-state index contributed by atoms with van der Waals surface area (Å²) in [6.45, 7) is 0.238. The fourth-order valence-electron chi connectivity index (χ4n) is 2.73. The molecular formula is C20H16FN5O. The van der Waals surface area contributed by atoms with Crippen LogP contribution < -0.4 is 10.6 Å². The van der Waals surface area contributed by atoms with Crippen LogP contribution in [0.15, 0.2) is 66.9 Å². The van der Waals surface area contributed by atoms with E-state index in [2.05, 4.69) is 25.6 Å². The number of halogens is 1. The summed E-state index contributed by atoms with van der Waals surface area (Å²) in [5.74, 6) is 0.181. The third kappa shape index (κ3) is 3.62. The molecule has 134 valence electrons. The van der Waals surface area contributed by atoms with Crippen molar-refractivity contribution in [2.24, 2.45) is 0 Å². The highest BCUT2D eigenvalue weighted by molar-refractivity contribution is 5.99. The number of anilines is 2. The van der Waals surface area contributed by atoms with Crippen LogP contribution in [0.3, 0.4) is 0 Å². The fraction of sp³-hybridized carbons (Fsp3) is 0.0500. The number of pyridine rings is 1. The number of carbonyl (C=O) groups is 1. The van der Waals surface area contributed by atoms with Crippen molar-refractivity contribution >= 4 is 28.4 Å². The molecule has 0 bridgehead atoms. The lowest BCUT2D eigenvalue weighted by molar-refractivity contribution is 0.0950. The number of nitrogens with one attached hydrogen (secondary N) is 3. The number of H-pyrrole nitrogens is 1. The number of imidazole rings is 1. The first-order valence-corrected chi connectivity index (χ1v) is 8.39. The number of rotatable bonds is 5. The molecule has 27 heavy (non-hydrogen) atoms. The summed E-state index contributed by atoms with van der Waals surface area (Å²) < 4.78 is 13.9. The Labute approximate surface area is 154 Å². The van der Waals surface area contributed by atoms with E-state index in [0.717, 1.165) is 11.0 Å². The third-order valence-electron chi connectivity index (χ3n) is 4.03. The van der Waals surface area contributed by atoms with Gasteiger partial charge in [-0.05, 0) is 36.4 Å². The summed E-state index contributed by atoms with van der Waals surface area (Å²) in [5, 5.41) is 5.68. The summed E-state index contributed by atoms with van der Waals surface area (Å²) >= 11 is 0. The maximum atomic E-state index is 13.9. The van der Waals surface area contributed by atoms with Crippen LogP contribution in [0, 0.1) is 5.82 Å². The van der Waals surface area contributed by atoms with E-state index in [9.17, 15) is 9.18 Å². The van der Waals surface area contributed by atoms with Crippen LogP contribution in [0.25, 0.3) is 11.0 Å². The minimum Gasteiger partial charge on any atom is -0.345 e. The lowest BCUT2D eigenvalue weighted by Crippen LogP contribution is -2.24. The average molecular weight is 361 g/mol. The van der Waals surface area contributed by atoms with E-state index in [-0.39, 0.29) is 24.0 Å². The molecule has 4 rings (SSSR count). The van der Waals surface area contributed by atoms with Crippen molar-refractivity contribution in [3.8, 4) is 0 Å². The Balaban J connectivity index is 1.51. The normalized spacial score (nSPS) is 10.7. The summed E-state index contributed by atoms with van der Waals surface area (Å²) in [5.41, 5.74) is 2.31. The van der Waals surface area contributed by atoms with E-state index in [1.165, 1.54) is 6.07 Å². The van der Waals surface area contributed by atoms with E-state index in [0.29, 0.717) is 11.4 Å². The van der Waals surface area contributed by atoms with E-state index >= 15 is 0 Å². The Hall–Kier alpha value is -3.74. The third-order valence-corrected chi connectivity index (χ3v) is 4.03. The molecule has 7 heteroatoms. The number of fused-ring (bicyclic) bond motifs is 1. The number of nitrogens with zero attached hydrogens (tertiary/aromatic N) is 2. The Morgan fingerprint density at radius 3 is 2.70 bits per heavy atom. The van der Waals surface area contributed by atoms with Crippen LogP contribution in [0.4, 0.5) is 15.9 Å². The molecule has 0 unspecified atom stereocenters. The van der Waals surface area contributed by atoms with Gasteiger partial charge >= 0.3 is 0 Å². The van der Waals surface area contributed by atoms with E-state index in [1.807, 2.05) is 24.3 Å². The second-order valence-corrected chi connectivity index (χ2v) is 5.89. The molecule has 0 fully saturated rings. The van der Waals surface area contributed by atoms with Crippen LogP contribution in [0.5, 0.6) is 0 Å². The second-order valence-electron chi connectivity index (χ2n) is 5.89. The minimum absolute atomic E-state index is 0.238. The van der Waals surface area contributed by atoms with Crippen LogP contribution in [-0.2, 0) is 6.54 Å². The van der Waals surface area contributed by atoms with Crippen molar-refractivity contribution in [3.05, 3.63) is 84.1 Å². The summed E-state index contributed by atoms with van der Waals surface area (Å²) in [6, 6.07) is 17.1. The van der Waals surface area contributed by atoms with Crippen LogP contribution in [0.2, 0.25) is 0 Å². The predicted octanol–water partition coefficient (Wildman–Crippen LogP) is 3.77. The Kier molecular flexibility index (Phi) is 4.49. The largest absolute Gasteiger partial charge is 0.345 e.